The van der Waals surface area contributed by atoms with Crippen LogP contribution in [0.3, 0.4) is 0 Å². The van der Waals surface area contributed by atoms with Gasteiger partial charge in [-0.1, -0.05) is 0 Å². The molecule has 0 aromatic heterocycles. The largest absolute Gasteiger partial charge is 0.507 e. The molecule has 0 saturated heterocycles. The third kappa shape index (κ3) is 9.54. The van der Waals surface area contributed by atoms with Crippen LogP contribution in [0.1, 0.15) is 16.7 Å². The van der Waals surface area contributed by atoms with Gasteiger partial charge in [0, 0.05) is 11.1 Å². The predicted octanol–water partition coefficient (Wildman–Crippen LogP) is -0.336. The van der Waals surface area contributed by atoms with Crippen molar-refractivity contribution in [1.29, 1.82) is 0 Å². The second kappa shape index (κ2) is 14.1. The summed E-state index contributed by atoms with van der Waals surface area (Å²) in [6.07, 6.45) is 2.51. The molecule has 186 valence electrons. The van der Waals surface area contributed by atoms with E-state index in [0.717, 1.165) is 15.6 Å². The van der Waals surface area contributed by atoms with Crippen molar-refractivity contribution in [3.05, 3.63) is 28.8 Å². The first-order valence-electron chi connectivity index (χ1n) is 9.82. The molecule has 0 atom stereocenters. The fourth-order valence-corrected chi connectivity index (χ4v) is 2.45. The van der Waals surface area contributed by atoms with Crippen molar-refractivity contribution < 1.29 is 43.2 Å². The van der Waals surface area contributed by atoms with Crippen molar-refractivity contribution in [1.82, 2.24) is 10.0 Å². The van der Waals surface area contributed by atoms with Crippen molar-refractivity contribution >= 4 is 36.3 Å². The van der Waals surface area contributed by atoms with Crippen molar-refractivity contribution in [2.75, 3.05) is 54.6 Å². The molecule has 0 spiro atoms. The predicted molar refractivity (Wildman–Crippen MR) is 119 cm³/mol. The molecule has 0 saturated carbocycles. The molecule has 0 unspecified atom stereocenters. The second-order valence-electron chi connectivity index (χ2n) is 6.73. The Hall–Kier alpha value is -4.16. The third-order valence-corrected chi connectivity index (χ3v) is 4.19. The molecule has 0 bridgehead atoms. The quantitative estimate of drug-likeness (QED) is 0.181. The molecule has 0 aliphatic heterocycles. The highest BCUT2D eigenvalue weighted by atomic mass is 16.5. The minimum Gasteiger partial charge on any atom is -0.507 e. The number of aryl methyl sites for hydroxylation is 1. The van der Waals surface area contributed by atoms with Crippen LogP contribution in [0.2, 0.25) is 0 Å². The van der Waals surface area contributed by atoms with E-state index in [1.165, 1.54) is 40.9 Å². The zero-order valence-corrected chi connectivity index (χ0v) is 19.6. The number of aromatic hydroxyl groups is 1. The SMILES string of the molecule is COC(=O)CN(CC(=O)OC)N=Cc1cc(C)cc(/C=N/N(CC(=O)OC)CC(=O)OC)c1O. The Morgan fingerprint density at radius 2 is 1.03 bits per heavy atom. The number of carbonyl (C=O) groups excluding carboxylic acids is 4. The van der Waals surface area contributed by atoms with Gasteiger partial charge in [0.15, 0.2) is 0 Å². The molecule has 1 aromatic rings. The molecule has 0 aliphatic rings. The standard InChI is InChI=1S/C21H28N4O9/c1-14-6-15(8-22-24(10-17(26)31-2)11-18(27)32-3)21(30)16(7-14)9-23-25(12-19(28)33-4)13-20(29)34-5/h6-9,30H,10-13H2,1-5H3/b22-8+,23-9?. The lowest BCUT2D eigenvalue weighted by molar-refractivity contribution is -0.147. The van der Waals surface area contributed by atoms with Gasteiger partial charge < -0.3 is 24.1 Å². The van der Waals surface area contributed by atoms with E-state index in [2.05, 4.69) is 29.2 Å². The smallest absolute Gasteiger partial charge is 0.327 e. The van der Waals surface area contributed by atoms with E-state index in [4.69, 9.17) is 0 Å². The summed E-state index contributed by atoms with van der Waals surface area (Å²) in [5, 5.41) is 21.0. The Morgan fingerprint density at radius 1 is 0.735 bits per heavy atom. The number of hydrogen-bond acceptors (Lipinski definition) is 13. The minimum absolute atomic E-state index is 0.217. The number of ether oxygens (including phenoxy) is 4. The highest BCUT2D eigenvalue weighted by Gasteiger charge is 2.15. The number of esters is 4. The normalized spacial score (nSPS) is 10.7. The van der Waals surface area contributed by atoms with Gasteiger partial charge in [0.25, 0.3) is 0 Å². The summed E-state index contributed by atoms with van der Waals surface area (Å²) in [6, 6.07) is 3.23. The Balaban J connectivity index is 3.21. The van der Waals surface area contributed by atoms with Crippen LogP contribution in [-0.2, 0) is 38.1 Å². The third-order valence-electron chi connectivity index (χ3n) is 4.19. The summed E-state index contributed by atoms with van der Waals surface area (Å²) in [5.74, 6) is -2.72. The topological polar surface area (TPSA) is 157 Å². The average Bonchev–Trinajstić information content (AvgIpc) is 2.82. The molecule has 0 heterocycles. The number of hydrazone groups is 2. The summed E-state index contributed by atoms with van der Waals surface area (Å²) in [4.78, 5) is 46.4. The molecular weight excluding hydrogens is 452 g/mol. The number of methoxy groups -OCH3 is 4. The van der Waals surface area contributed by atoms with Crippen molar-refractivity contribution in [2.24, 2.45) is 10.2 Å². The molecule has 13 nitrogen and oxygen atoms in total. The van der Waals surface area contributed by atoms with E-state index >= 15 is 0 Å². The Kier molecular flexibility index (Phi) is 11.5. The van der Waals surface area contributed by atoms with E-state index in [1.54, 1.807) is 19.1 Å². The lowest BCUT2D eigenvalue weighted by Crippen LogP contribution is -2.31. The first kappa shape index (κ1) is 27.9. The summed E-state index contributed by atoms with van der Waals surface area (Å²) < 4.78 is 18.4. The molecule has 1 rings (SSSR count). The first-order valence-corrected chi connectivity index (χ1v) is 9.82. The lowest BCUT2D eigenvalue weighted by Gasteiger charge is -2.17. The van der Waals surface area contributed by atoms with E-state index in [1.807, 2.05) is 0 Å². The number of hydrogen-bond donors (Lipinski definition) is 1. The Bertz CT molecular complexity index is 839. The number of carbonyl (C=O) groups is 4. The lowest BCUT2D eigenvalue weighted by atomic mass is 10.1. The van der Waals surface area contributed by atoms with Gasteiger partial charge in [-0.05, 0) is 24.6 Å². The highest BCUT2D eigenvalue weighted by molar-refractivity contribution is 5.92. The zero-order valence-electron chi connectivity index (χ0n) is 19.6. The molecule has 13 heteroatoms. The highest BCUT2D eigenvalue weighted by Crippen LogP contribution is 2.22. The van der Waals surface area contributed by atoms with E-state index in [-0.39, 0.29) is 43.1 Å². The molecule has 1 N–H and O–H groups in total. The van der Waals surface area contributed by atoms with Crippen LogP contribution in [0.15, 0.2) is 22.3 Å². The summed E-state index contributed by atoms with van der Waals surface area (Å²) in [7, 11) is 4.79. The maximum absolute atomic E-state index is 11.6. The fourth-order valence-electron chi connectivity index (χ4n) is 2.45. The van der Waals surface area contributed by atoms with Crippen LogP contribution >= 0.6 is 0 Å². The molecule has 0 amide bonds. The average molecular weight is 480 g/mol. The monoisotopic (exact) mass is 480 g/mol. The summed E-state index contributed by atoms with van der Waals surface area (Å²) in [5.41, 5.74) is 1.24. The Morgan fingerprint density at radius 3 is 1.29 bits per heavy atom. The van der Waals surface area contributed by atoms with Crippen LogP contribution in [0.25, 0.3) is 0 Å². The van der Waals surface area contributed by atoms with Crippen molar-refractivity contribution in [3.8, 4) is 5.75 Å². The molecule has 0 fully saturated rings. The number of phenols is 1. The van der Waals surface area contributed by atoms with Gasteiger partial charge >= 0.3 is 23.9 Å². The number of benzene rings is 1. The van der Waals surface area contributed by atoms with Gasteiger partial charge in [-0.15, -0.1) is 0 Å². The first-order chi connectivity index (χ1) is 16.1. The van der Waals surface area contributed by atoms with Crippen molar-refractivity contribution in [2.45, 2.75) is 6.92 Å². The molecule has 0 aliphatic carbocycles. The van der Waals surface area contributed by atoms with Crippen LogP contribution in [0.4, 0.5) is 0 Å². The molecular formula is C21H28N4O9. The number of phenolic OH excluding ortho intramolecular Hbond substituents is 1. The Labute approximate surface area is 196 Å². The van der Waals surface area contributed by atoms with Gasteiger partial charge in [-0.25, -0.2) is 0 Å². The maximum Gasteiger partial charge on any atom is 0.327 e. The molecule has 1 aromatic carbocycles. The summed E-state index contributed by atoms with van der Waals surface area (Å²) >= 11 is 0. The van der Waals surface area contributed by atoms with Crippen LogP contribution in [-0.4, -0.2) is 106 Å². The molecule has 34 heavy (non-hydrogen) atoms. The van der Waals surface area contributed by atoms with Gasteiger partial charge in [-0.3, -0.25) is 29.2 Å². The van der Waals surface area contributed by atoms with Gasteiger partial charge in [-0.2, -0.15) is 10.2 Å². The maximum atomic E-state index is 11.6. The zero-order chi connectivity index (χ0) is 25.7. The van der Waals surface area contributed by atoms with E-state index < -0.39 is 23.9 Å². The second-order valence-corrected chi connectivity index (χ2v) is 6.73. The van der Waals surface area contributed by atoms with E-state index in [0.29, 0.717) is 0 Å². The van der Waals surface area contributed by atoms with Gasteiger partial charge in [0.05, 0.1) is 40.9 Å². The summed E-state index contributed by atoms with van der Waals surface area (Å²) in [6.45, 7) is 0.478. The number of nitrogens with zero attached hydrogens (tertiary/aromatic N) is 4. The van der Waals surface area contributed by atoms with E-state index in [9.17, 15) is 24.3 Å². The van der Waals surface area contributed by atoms with Crippen LogP contribution < -0.4 is 0 Å². The molecule has 0 radical (unpaired) electrons. The number of rotatable bonds is 12. The van der Waals surface area contributed by atoms with Crippen LogP contribution in [0, 0.1) is 6.92 Å². The fraction of sp³-hybridized carbons (Fsp3) is 0.429. The van der Waals surface area contributed by atoms with Gasteiger partial charge in [0.1, 0.15) is 31.9 Å². The van der Waals surface area contributed by atoms with Crippen molar-refractivity contribution in [3.63, 3.8) is 0 Å². The van der Waals surface area contributed by atoms with Gasteiger partial charge in [0.2, 0.25) is 0 Å². The van der Waals surface area contributed by atoms with Crippen LogP contribution in [0.5, 0.6) is 5.75 Å². The minimum atomic E-state index is -0.626.